The first-order valence-electron chi connectivity index (χ1n) is 17.1. The number of halogens is 3. The standard InChI is InChI=1S/C8H11NO4S2.C8H15NO3S2.C4H5NO3.C4H9NO2.C4H8O2S2.C3H6O2S.3HI.V/c1-14-15-5-4-8(12)13-9-6(10)2-3-7(9)11;1-6(8(11)12)9(2)7(10)4-5-14-13-3;6-3-1-2-4(7)5(3)8;1-3(5-2)4(6)7;1-7-8-3-2-4(5)6;4-3(5)1-2-6;;;;/h2-5H2,1H3;6H,4-5H2,1-3H3,(H,11,12);8H,1-2H2;3,5H,1-2H3,(H,6,7);2-3H2,1H3,(H,5,6);6H,1-2H2,(H,4,5);3*1H;/q;;;;;;;;;+3/p-3/t;6-;;3-;;;;;;/m.0.0....../s1. The van der Waals surface area contributed by atoms with Crippen LogP contribution in [0.4, 0.5) is 0 Å². The topological polar surface area (TPSA) is 303 Å². The third kappa shape index (κ3) is 48.2. The molecule has 2 rings (SSSR count). The Hall–Kier alpha value is 0.244. The van der Waals surface area contributed by atoms with Gasteiger partial charge in [0.2, 0.25) is 5.91 Å². The minimum absolute atomic E-state index is 0.124. The number of carbonyl (C=O) groups is 10. The molecule has 0 aromatic heterocycles. The molecule has 0 radical (unpaired) electrons. The molecule has 362 valence electrons. The molecule has 5 amide bonds. The SMILES string of the molecule is CN[C@@H](C)C(=O)O.CSSCCC(=O)N(C)[C@@H](C)C(=O)O.CSSCCC(=O)O.CSSCCC(=O)ON1C(=O)CCC1=O.O=C(O)CCS.O=C1CCC(=O)N1O.[I][V]([I])[I]. The summed E-state index contributed by atoms with van der Waals surface area (Å²) < 4.78 is 0. The van der Waals surface area contributed by atoms with E-state index < -0.39 is 65.6 Å². The van der Waals surface area contributed by atoms with Gasteiger partial charge in [0.1, 0.15) is 12.1 Å². The molecule has 6 N–H and O–H groups in total. The van der Waals surface area contributed by atoms with Gasteiger partial charge in [0.15, 0.2) is 0 Å². The summed E-state index contributed by atoms with van der Waals surface area (Å²) in [5, 5.41) is 44.5. The van der Waals surface area contributed by atoms with Gasteiger partial charge in [-0.15, -0.1) is 5.06 Å². The Balaban J connectivity index is -0.000000212. The number of imide groups is 2. The van der Waals surface area contributed by atoms with Gasteiger partial charge < -0.3 is 35.5 Å². The third-order valence-corrected chi connectivity index (χ3v) is 11.9. The Morgan fingerprint density at radius 3 is 1.35 bits per heavy atom. The van der Waals surface area contributed by atoms with Gasteiger partial charge in [-0.2, -0.15) is 17.7 Å². The number of rotatable bonds is 19. The maximum atomic E-state index is 11.4. The number of carbonyl (C=O) groups excluding carboxylic acids is 6. The van der Waals surface area contributed by atoms with Crippen LogP contribution in [0.25, 0.3) is 0 Å². The first-order valence-corrected chi connectivity index (χ1v) is 39.4. The van der Waals surface area contributed by atoms with Crippen molar-refractivity contribution in [3.63, 3.8) is 0 Å². The average molecular weight is 1390 g/mol. The molecule has 2 heterocycles. The van der Waals surface area contributed by atoms with Gasteiger partial charge in [-0.05, 0) is 39.7 Å². The molecule has 2 atom stereocenters. The predicted octanol–water partition coefficient (Wildman–Crippen LogP) is 6.04. The fourth-order valence-corrected chi connectivity index (χ4v) is 6.49. The Morgan fingerprint density at radius 2 is 1.10 bits per heavy atom. The Labute approximate surface area is 428 Å². The Bertz CT molecular complexity index is 1340. The van der Waals surface area contributed by atoms with E-state index in [0.29, 0.717) is 28.7 Å². The van der Waals surface area contributed by atoms with Crippen molar-refractivity contribution in [3.05, 3.63) is 0 Å². The second-order valence-electron chi connectivity index (χ2n) is 10.7. The van der Waals surface area contributed by atoms with E-state index in [0.717, 1.165) is 5.75 Å². The van der Waals surface area contributed by atoms with Gasteiger partial charge in [-0.3, -0.25) is 43.6 Å². The van der Waals surface area contributed by atoms with Crippen LogP contribution in [-0.2, 0) is 57.7 Å². The van der Waals surface area contributed by atoms with Crippen LogP contribution in [0.5, 0.6) is 0 Å². The first-order chi connectivity index (χ1) is 28.8. The van der Waals surface area contributed by atoms with Crippen LogP contribution in [0.1, 0.15) is 65.2 Å². The fourth-order valence-electron chi connectivity index (χ4n) is 2.78. The van der Waals surface area contributed by atoms with Gasteiger partial charge >= 0.3 is 94.7 Å². The van der Waals surface area contributed by atoms with Crippen LogP contribution in [0.3, 0.4) is 0 Å². The van der Waals surface area contributed by atoms with Gasteiger partial charge in [0.05, 0.1) is 19.3 Å². The van der Waals surface area contributed by atoms with Crippen molar-refractivity contribution in [1.82, 2.24) is 20.3 Å². The molecule has 0 aromatic rings. The first kappa shape index (κ1) is 71.2. The molecule has 2 saturated heterocycles. The number of nitrogens with zero attached hydrogens (tertiary/aromatic N) is 3. The van der Waals surface area contributed by atoms with Crippen LogP contribution in [0, 0.1) is 0 Å². The molecule has 31 heteroatoms. The van der Waals surface area contributed by atoms with Gasteiger partial charge in [0.25, 0.3) is 23.6 Å². The van der Waals surface area contributed by atoms with Gasteiger partial charge in [-0.1, -0.05) is 64.8 Å². The number of carboxylic acids is 4. The van der Waals surface area contributed by atoms with Crippen LogP contribution in [0.2, 0.25) is 0 Å². The van der Waals surface area contributed by atoms with E-state index in [9.17, 15) is 47.9 Å². The number of nitrogens with one attached hydrogen (secondary N) is 1. The number of hydrogen-bond acceptors (Lipinski definition) is 20. The second-order valence-corrected chi connectivity index (χ2v) is 54.6. The number of hydroxylamine groups is 4. The predicted molar refractivity (Wildman–Crippen MR) is 274 cm³/mol. The molecule has 0 spiro atoms. The molecule has 2 aliphatic heterocycles. The molecule has 20 nitrogen and oxygen atoms in total. The van der Waals surface area contributed by atoms with E-state index in [1.165, 1.54) is 29.7 Å². The quantitative estimate of drug-likeness (QED) is 0.0194. The van der Waals surface area contributed by atoms with Crippen molar-refractivity contribution in [2.45, 2.75) is 77.3 Å². The monoisotopic (exact) mass is 1390 g/mol. The maximum absolute atomic E-state index is 11.4. The zero-order valence-electron chi connectivity index (χ0n) is 34.7. The summed E-state index contributed by atoms with van der Waals surface area (Å²) in [7, 11) is 12.6. The zero-order chi connectivity index (χ0) is 49.4. The molecule has 2 fully saturated rings. The molecule has 0 saturated carbocycles. The zero-order valence-corrected chi connectivity index (χ0v) is 48.3. The fraction of sp³-hybridized carbons (Fsp3) is 0.677. The molecule has 0 aromatic carbocycles. The molecule has 0 unspecified atom stereocenters. The van der Waals surface area contributed by atoms with Gasteiger partial charge in [-0.25, -0.2) is 9.59 Å². The van der Waals surface area contributed by atoms with Crippen molar-refractivity contribution in [1.29, 1.82) is 0 Å². The van der Waals surface area contributed by atoms with Crippen LogP contribution in [-0.4, -0.2) is 168 Å². The molecular formula is C31H54I3N4O16S7V. The van der Waals surface area contributed by atoms with Crippen LogP contribution >= 0.6 is 137 Å². The van der Waals surface area contributed by atoms with Crippen molar-refractivity contribution in [2.24, 2.45) is 0 Å². The second kappa shape index (κ2) is 47.7. The molecule has 0 bridgehead atoms. The molecule has 0 aliphatic carbocycles. The number of aliphatic carboxylic acids is 4. The number of carboxylic acid groups (broad SMARTS) is 4. The summed E-state index contributed by atoms with van der Waals surface area (Å²) in [6.07, 6.45) is 7.35. The molecule has 62 heavy (non-hydrogen) atoms. The van der Waals surface area contributed by atoms with E-state index in [4.69, 9.17) is 25.6 Å². The number of likely N-dealkylation sites (N-methyl/N-ethyl adjacent to an activating group) is 2. The van der Waals surface area contributed by atoms with Crippen LogP contribution in [0.15, 0.2) is 0 Å². The van der Waals surface area contributed by atoms with Crippen molar-refractivity contribution in [2.75, 3.05) is 55.9 Å². The number of hydrogen-bond donors (Lipinski definition) is 7. The summed E-state index contributed by atoms with van der Waals surface area (Å²) >= 11 is 11.1. The van der Waals surface area contributed by atoms with Gasteiger partial charge in [0, 0.05) is 62.2 Å². The number of amides is 5. The summed E-state index contributed by atoms with van der Waals surface area (Å²) in [6, 6.07) is -1.18. The van der Waals surface area contributed by atoms with Crippen molar-refractivity contribution >= 4 is 197 Å². The van der Waals surface area contributed by atoms with Crippen LogP contribution < -0.4 is 5.32 Å². The summed E-state index contributed by atoms with van der Waals surface area (Å²) in [5.74, 6) is -3.39. The van der Waals surface area contributed by atoms with E-state index in [1.807, 2.05) is 18.8 Å². The molecular weight excluding hydrogens is 1340 g/mol. The third-order valence-electron chi connectivity index (χ3n) is 6.23. The van der Waals surface area contributed by atoms with Crippen molar-refractivity contribution in [3.8, 4) is 0 Å². The normalized spacial score (nSPS) is 13.3. The van der Waals surface area contributed by atoms with Crippen molar-refractivity contribution < 1.29 is 83.3 Å². The van der Waals surface area contributed by atoms with E-state index >= 15 is 0 Å². The Morgan fingerprint density at radius 1 is 0.726 bits per heavy atom. The summed E-state index contributed by atoms with van der Waals surface area (Å²) in [5.41, 5.74) is 0. The molecule has 2 aliphatic rings. The van der Waals surface area contributed by atoms with E-state index in [1.54, 1.807) is 67.9 Å². The summed E-state index contributed by atoms with van der Waals surface area (Å²) in [6.45, 7) is 3.09. The van der Waals surface area contributed by atoms with E-state index in [2.05, 4.69) is 82.7 Å². The Kier molecular flexibility index (Phi) is 54.8. The van der Waals surface area contributed by atoms with E-state index in [-0.39, 0.29) is 60.8 Å². The summed E-state index contributed by atoms with van der Waals surface area (Å²) in [4.78, 5) is 111. The minimum atomic E-state index is -0.974. The average Bonchev–Trinajstić information content (AvgIpc) is 3.67. The number of thiol groups is 1.